The maximum atomic E-state index is 13.4. The molecule has 5 rings (SSSR count). The van der Waals surface area contributed by atoms with Gasteiger partial charge in [-0.3, -0.25) is 9.48 Å². The molecule has 0 N–H and O–H groups in total. The Morgan fingerprint density at radius 2 is 2.03 bits per heavy atom. The maximum absolute atomic E-state index is 13.4. The standard InChI is InChI=1S/C22H20N6OS/c1-13(7-17-20-21(24-11-23-17)30-12-25-20)18-8-14-5-4-6-16(15-9-26-27(2)10-15)19(14)22(29)28(18)3/h4-6,8-13H,7H2,1-3H3/t13-/m1/s1. The zero-order valence-electron chi connectivity index (χ0n) is 16.9. The minimum Gasteiger partial charge on any atom is -0.315 e. The summed E-state index contributed by atoms with van der Waals surface area (Å²) in [6.45, 7) is 2.12. The van der Waals surface area contributed by atoms with Gasteiger partial charge in [0.25, 0.3) is 5.56 Å². The van der Waals surface area contributed by atoms with E-state index < -0.39 is 0 Å². The van der Waals surface area contributed by atoms with Crippen LogP contribution in [0.15, 0.2) is 53.3 Å². The summed E-state index contributed by atoms with van der Waals surface area (Å²) in [5, 5.41) is 5.90. The number of nitrogens with zero attached hydrogens (tertiary/aromatic N) is 6. The number of fused-ring (bicyclic) bond motifs is 2. The normalized spacial score (nSPS) is 12.6. The lowest BCUT2D eigenvalue weighted by Crippen LogP contribution is -2.23. The Balaban J connectivity index is 1.61. The van der Waals surface area contributed by atoms with Crippen LogP contribution in [0.5, 0.6) is 0 Å². The zero-order chi connectivity index (χ0) is 20.8. The van der Waals surface area contributed by atoms with Gasteiger partial charge in [-0.25, -0.2) is 15.0 Å². The van der Waals surface area contributed by atoms with Crippen LogP contribution in [0, 0.1) is 0 Å². The second-order valence-corrected chi connectivity index (χ2v) is 8.37. The van der Waals surface area contributed by atoms with E-state index in [1.165, 1.54) is 11.3 Å². The molecular formula is C22H20N6OS. The molecule has 30 heavy (non-hydrogen) atoms. The summed E-state index contributed by atoms with van der Waals surface area (Å²) in [7, 11) is 3.71. The van der Waals surface area contributed by atoms with Gasteiger partial charge in [-0.05, 0) is 17.0 Å². The monoisotopic (exact) mass is 416 g/mol. The van der Waals surface area contributed by atoms with Gasteiger partial charge in [0.2, 0.25) is 0 Å². The first-order valence-corrected chi connectivity index (χ1v) is 10.6. The van der Waals surface area contributed by atoms with Crippen molar-refractivity contribution in [3.05, 3.63) is 70.2 Å². The second-order valence-electron chi connectivity index (χ2n) is 7.54. The third kappa shape index (κ3) is 3.00. The number of benzene rings is 1. The molecule has 8 heteroatoms. The molecule has 4 aromatic heterocycles. The molecule has 0 fully saturated rings. The molecule has 150 valence electrons. The Hall–Kier alpha value is -3.39. The largest absolute Gasteiger partial charge is 0.315 e. The van der Waals surface area contributed by atoms with E-state index >= 15 is 0 Å². The molecule has 0 bridgehead atoms. The summed E-state index contributed by atoms with van der Waals surface area (Å²) in [5.41, 5.74) is 6.35. The van der Waals surface area contributed by atoms with Crippen molar-refractivity contribution < 1.29 is 0 Å². The average molecular weight is 417 g/mol. The number of aromatic nitrogens is 6. The van der Waals surface area contributed by atoms with Crippen molar-refractivity contribution in [1.29, 1.82) is 0 Å². The summed E-state index contributed by atoms with van der Waals surface area (Å²) in [6, 6.07) is 8.07. The molecule has 0 spiro atoms. The molecule has 1 aromatic carbocycles. The molecule has 0 saturated carbocycles. The van der Waals surface area contributed by atoms with E-state index in [9.17, 15) is 4.79 Å². The summed E-state index contributed by atoms with van der Waals surface area (Å²) >= 11 is 1.51. The fraction of sp³-hybridized carbons (Fsp3) is 0.227. The van der Waals surface area contributed by atoms with Crippen molar-refractivity contribution in [2.75, 3.05) is 0 Å². The summed E-state index contributed by atoms with van der Waals surface area (Å²) in [6.07, 6.45) is 5.99. The second kappa shape index (κ2) is 7.14. The number of aryl methyl sites for hydroxylation is 1. The minimum absolute atomic E-state index is 0.00436. The topological polar surface area (TPSA) is 78.5 Å². The van der Waals surface area contributed by atoms with Gasteiger partial charge in [0.1, 0.15) is 16.7 Å². The van der Waals surface area contributed by atoms with Gasteiger partial charge in [-0.15, -0.1) is 11.3 Å². The fourth-order valence-electron chi connectivity index (χ4n) is 4.03. The quantitative estimate of drug-likeness (QED) is 0.447. The van der Waals surface area contributed by atoms with Gasteiger partial charge in [-0.1, -0.05) is 25.1 Å². The molecule has 7 nitrogen and oxygen atoms in total. The van der Waals surface area contributed by atoms with Gasteiger partial charge < -0.3 is 4.57 Å². The number of hydrogen-bond donors (Lipinski definition) is 0. The maximum Gasteiger partial charge on any atom is 0.259 e. The molecule has 5 aromatic rings. The molecule has 0 saturated heterocycles. The highest BCUT2D eigenvalue weighted by Gasteiger charge is 2.18. The highest BCUT2D eigenvalue weighted by atomic mass is 32.1. The summed E-state index contributed by atoms with van der Waals surface area (Å²) in [5.74, 6) is 0.0916. The van der Waals surface area contributed by atoms with Crippen molar-refractivity contribution >= 4 is 32.5 Å². The van der Waals surface area contributed by atoms with E-state index in [0.717, 1.165) is 38.2 Å². The molecule has 0 aliphatic carbocycles. The summed E-state index contributed by atoms with van der Waals surface area (Å²) in [4.78, 5) is 27.4. The Morgan fingerprint density at radius 3 is 2.83 bits per heavy atom. The molecule has 0 unspecified atom stereocenters. The fourth-order valence-corrected chi connectivity index (χ4v) is 4.68. The predicted octanol–water partition coefficient (Wildman–Crippen LogP) is 3.68. The van der Waals surface area contributed by atoms with E-state index in [0.29, 0.717) is 11.8 Å². The van der Waals surface area contributed by atoms with Crippen LogP contribution in [-0.2, 0) is 20.5 Å². The molecule has 0 aliphatic heterocycles. The van der Waals surface area contributed by atoms with E-state index in [-0.39, 0.29) is 11.5 Å². The van der Waals surface area contributed by atoms with E-state index in [2.05, 4.69) is 33.0 Å². The number of pyridine rings is 1. The molecule has 0 aliphatic rings. The Labute approximate surface area is 176 Å². The Bertz CT molecular complexity index is 1450. The smallest absolute Gasteiger partial charge is 0.259 e. The number of rotatable bonds is 4. The first kappa shape index (κ1) is 18.6. The zero-order valence-corrected chi connectivity index (χ0v) is 17.7. The van der Waals surface area contributed by atoms with Crippen molar-refractivity contribution in [3.63, 3.8) is 0 Å². The first-order valence-electron chi connectivity index (χ1n) is 9.67. The van der Waals surface area contributed by atoms with Gasteiger partial charge in [0.05, 0.1) is 22.8 Å². The van der Waals surface area contributed by atoms with Crippen LogP contribution in [0.2, 0.25) is 0 Å². The van der Waals surface area contributed by atoms with Crippen molar-refractivity contribution in [2.45, 2.75) is 19.3 Å². The van der Waals surface area contributed by atoms with Crippen molar-refractivity contribution in [3.8, 4) is 11.1 Å². The predicted molar refractivity (Wildman–Crippen MR) is 119 cm³/mol. The SMILES string of the molecule is C[C@H](Cc1ncnc2scnc12)c1cc2cccc(-c3cnn(C)c3)c2c(=O)n1C. The van der Waals surface area contributed by atoms with Crippen LogP contribution < -0.4 is 5.56 Å². The highest BCUT2D eigenvalue weighted by molar-refractivity contribution is 7.16. The highest BCUT2D eigenvalue weighted by Crippen LogP contribution is 2.29. The van der Waals surface area contributed by atoms with Gasteiger partial charge >= 0.3 is 0 Å². The Kier molecular flexibility index (Phi) is 4.43. The third-order valence-electron chi connectivity index (χ3n) is 5.54. The van der Waals surface area contributed by atoms with Crippen molar-refractivity contribution in [1.82, 2.24) is 29.3 Å². The van der Waals surface area contributed by atoms with Crippen LogP contribution in [0.1, 0.15) is 24.2 Å². The molecule has 0 radical (unpaired) electrons. The lowest BCUT2D eigenvalue weighted by Gasteiger charge is -2.18. The van der Waals surface area contributed by atoms with Crippen molar-refractivity contribution in [2.24, 2.45) is 14.1 Å². The van der Waals surface area contributed by atoms with Crippen LogP contribution in [0.25, 0.3) is 32.2 Å². The van der Waals surface area contributed by atoms with Crippen LogP contribution in [-0.4, -0.2) is 29.3 Å². The van der Waals surface area contributed by atoms with E-state index in [4.69, 9.17) is 0 Å². The third-order valence-corrected chi connectivity index (χ3v) is 6.27. The van der Waals surface area contributed by atoms with Gasteiger partial charge in [0, 0.05) is 43.9 Å². The van der Waals surface area contributed by atoms with E-state index in [1.807, 2.05) is 38.5 Å². The summed E-state index contributed by atoms with van der Waals surface area (Å²) < 4.78 is 3.50. The van der Waals surface area contributed by atoms with E-state index in [1.54, 1.807) is 27.3 Å². The number of thiazole rings is 1. The van der Waals surface area contributed by atoms with Gasteiger partial charge in [0.15, 0.2) is 0 Å². The van der Waals surface area contributed by atoms with Gasteiger partial charge in [-0.2, -0.15) is 5.10 Å². The lowest BCUT2D eigenvalue weighted by molar-refractivity contribution is 0.657. The average Bonchev–Trinajstić information content (AvgIpc) is 3.39. The molecular weight excluding hydrogens is 396 g/mol. The van der Waals surface area contributed by atoms with Crippen LogP contribution in [0.4, 0.5) is 0 Å². The minimum atomic E-state index is -0.00436. The molecule has 1 atom stereocenters. The van der Waals surface area contributed by atoms with Crippen LogP contribution in [0.3, 0.4) is 0 Å². The number of hydrogen-bond acceptors (Lipinski definition) is 6. The molecule has 0 amide bonds. The van der Waals surface area contributed by atoms with Crippen LogP contribution >= 0.6 is 11.3 Å². The first-order chi connectivity index (χ1) is 14.5. The Morgan fingerprint density at radius 1 is 1.17 bits per heavy atom. The molecule has 4 heterocycles. The lowest BCUT2D eigenvalue weighted by atomic mass is 9.96.